The van der Waals surface area contributed by atoms with Gasteiger partial charge in [-0.25, -0.2) is 14.2 Å². The van der Waals surface area contributed by atoms with Gasteiger partial charge in [0.1, 0.15) is 5.82 Å². The Balaban J connectivity index is 1.57. The van der Waals surface area contributed by atoms with Crippen molar-refractivity contribution in [1.82, 2.24) is 14.9 Å². The summed E-state index contributed by atoms with van der Waals surface area (Å²) in [4.78, 5) is 16.0. The first-order valence-electron chi connectivity index (χ1n) is 7.50. The number of anilines is 1. The van der Waals surface area contributed by atoms with Crippen LogP contribution in [0.25, 0.3) is 5.69 Å². The second-order valence-corrected chi connectivity index (χ2v) is 5.40. The van der Waals surface area contributed by atoms with E-state index in [1.807, 2.05) is 42.0 Å². The molecule has 122 valence electrons. The van der Waals surface area contributed by atoms with Crippen LogP contribution in [0.5, 0.6) is 0 Å². The number of halogens is 1. The van der Waals surface area contributed by atoms with Crippen molar-refractivity contribution in [2.75, 3.05) is 5.32 Å². The van der Waals surface area contributed by atoms with Crippen LogP contribution in [-0.2, 0) is 6.54 Å². The molecule has 5 nitrogen and oxygen atoms in total. The molecule has 2 N–H and O–H groups in total. The lowest BCUT2D eigenvalue weighted by Crippen LogP contribution is -2.28. The molecule has 0 fully saturated rings. The lowest BCUT2D eigenvalue weighted by molar-refractivity contribution is 0.251. The van der Waals surface area contributed by atoms with Crippen molar-refractivity contribution in [3.63, 3.8) is 0 Å². The molecule has 0 atom stereocenters. The van der Waals surface area contributed by atoms with Crippen molar-refractivity contribution in [2.24, 2.45) is 0 Å². The van der Waals surface area contributed by atoms with Crippen LogP contribution in [0.15, 0.2) is 61.2 Å². The Morgan fingerprint density at radius 1 is 1.21 bits per heavy atom. The van der Waals surface area contributed by atoms with Gasteiger partial charge in [-0.1, -0.05) is 18.2 Å². The Morgan fingerprint density at radius 2 is 2.00 bits per heavy atom. The second kappa shape index (κ2) is 6.95. The van der Waals surface area contributed by atoms with Gasteiger partial charge in [-0.05, 0) is 42.3 Å². The molecule has 0 saturated heterocycles. The lowest BCUT2D eigenvalue weighted by atomic mass is 10.2. The van der Waals surface area contributed by atoms with E-state index in [-0.39, 0.29) is 11.8 Å². The lowest BCUT2D eigenvalue weighted by Gasteiger charge is -2.10. The maximum atomic E-state index is 13.2. The third kappa shape index (κ3) is 3.78. The number of hydrogen-bond acceptors (Lipinski definition) is 2. The molecule has 2 aromatic carbocycles. The normalized spacial score (nSPS) is 10.4. The average molecular weight is 324 g/mol. The van der Waals surface area contributed by atoms with Gasteiger partial charge in [0.25, 0.3) is 0 Å². The largest absolute Gasteiger partial charge is 0.334 e. The van der Waals surface area contributed by atoms with Gasteiger partial charge < -0.3 is 15.2 Å². The fourth-order valence-electron chi connectivity index (χ4n) is 2.28. The van der Waals surface area contributed by atoms with Gasteiger partial charge in [0.05, 0.1) is 6.33 Å². The highest BCUT2D eigenvalue weighted by Crippen LogP contribution is 2.15. The summed E-state index contributed by atoms with van der Waals surface area (Å²) >= 11 is 0. The number of hydrogen-bond donors (Lipinski definition) is 2. The zero-order valence-electron chi connectivity index (χ0n) is 13.2. The van der Waals surface area contributed by atoms with E-state index in [9.17, 15) is 9.18 Å². The van der Waals surface area contributed by atoms with Crippen LogP contribution in [0, 0.1) is 12.7 Å². The Bertz CT molecular complexity index is 829. The summed E-state index contributed by atoms with van der Waals surface area (Å²) < 4.78 is 15.1. The number of nitrogens with one attached hydrogen (secondary N) is 2. The minimum absolute atomic E-state index is 0.373. The number of urea groups is 1. The van der Waals surface area contributed by atoms with E-state index in [1.165, 1.54) is 12.1 Å². The monoisotopic (exact) mass is 324 g/mol. The summed E-state index contributed by atoms with van der Waals surface area (Å²) in [5, 5.41) is 5.41. The molecule has 0 unspecified atom stereocenters. The van der Waals surface area contributed by atoms with Crippen LogP contribution in [0.2, 0.25) is 0 Å². The summed E-state index contributed by atoms with van der Waals surface area (Å²) in [5.74, 6) is -0.383. The van der Waals surface area contributed by atoms with E-state index in [0.29, 0.717) is 12.2 Å². The maximum absolute atomic E-state index is 13.2. The first-order valence-corrected chi connectivity index (χ1v) is 7.50. The zero-order chi connectivity index (χ0) is 16.9. The van der Waals surface area contributed by atoms with Crippen molar-refractivity contribution in [3.8, 4) is 5.69 Å². The minimum atomic E-state index is -0.383. The molecule has 0 radical (unpaired) electrons. The molecule has 1 aromatic heterocycles. The molecule has 3 aromatic rings. The molecule has 0 bridgehead atoms. The second-order valence-electron chi connectivity index (χ2n) is 5.40. The highest BCUT2D eigenvalue weighted by molar-refractivity contribution is 5.90. The summed E-state index contributed by atoms with van der Waals surface area (Å²) in [6.45, 7) is 2.19. The molecule has 3 rings (SSSR count). The molecule has 24 heavy (non-hydrogen) atoms. The number of rotatable bonds is 4. The molecule has 2 amide bonds. The predicted octanol–water partition coefficient (Wildman–Crippen LogP) is 3.64. The van der Waals surface area contributed by atoms with E-state index in [4.69, 9.17) is 0 Å². The van der Waals surface area contributed by atoms with Gasteiger partial charge in [-0.3, -0.25) is 0 Å². The molecular weight excluding hydrogens is 307 g/mol. The Hall–Kier alpha value is -3.15. The van der Waals surface area contributed by atoms with E-state index >= 15 is 0 Å². The fourth-order valence-corrected chi connectivity index (χ4v) is 2.28. The van der Waals surface area contributed by atoms with Gasteiger partial charge in [-0.2, -0.15) is 0 Å². The van der Waals surface area contributed by atoms with Crippen LogP contribution < -0.4 is 10.6 Å². The molecule has 0 aliphatic carbocycles. The quantitative estimate of drug-likeness (QED) is 0.770. The van der Waals surface area contributed by atoms with Crippen LogP contribution in [-0.4, -0.2) is 15.6 Å². The molecule has 0 saturated carbocycles. The van der Waals surface area contributed by atoms with Crippen molar-refractivity contribution < 1.29 is 9.18 Å². The number of benzene rings is 2. The van der Waals surface area contributed by atoms with Crippen molar-refractivity contribution in [2.45, 2.75) is 13.5 Å². The predicted molar refractivity (Wildman–Crippen MR) is 90.6 cm³/mol. The van der Waals surface area contributed by atoms with Crippen molar-refractivity contribution in [3.05, 3.63) is 78.1 Å². The van der Waals surface area contributed by atoms with Crippen LogP contribution in [0.4, 0.5) is 14.9 Å². The molecular formula is C18H17FN4O. The standard InChI is InChI=1S/C18H17FN4O/c1-13-2-5-15(19)10-17(13)22-18(24)21-11-14-3-6-16(7-4-14)23-9-8-20-12-23/h2-10,12H,11H2,1H3,(H2,21,22,24). The molecule has 1 heterocycles. The zero-order valence-corrected chi connectivity index (χ0v) is 13.2. The summed E-state index contributed by atoms with van der Waals surface area (Å²) in [5.41, 5.74) is 3.22. The number of aryl methyl sites for hydroxylation is 1. The molecule has 0 aliphatic heterocycles. The average Bonchev–Trinajstić information content (AvgIpc) is 3.11. The summed E-state index contributed by atoms with van der Waals surface area (Å²) in [6, 6.07) is 11.7. The summed E-state index contributed by atoms with van der Waals surface area (Å²) in [6.07, 6.45) is 5.30. The van der Waals surface area contributed by atoms with Crippen LogP contribution in [0.3, 0.4) is 0 Å². The van der Waals surface area contributed by atoms with Gasteiger partial charge in [-0.15, -0.1) is 0 Å². The Labute approximate surface area is 139 Å². The van der Waals surface area contributed by atoms with Gasteiger partial charge in [0.2, 0.25) is 0 Å². The number of carbonyl (C=O) groups is 1. The van der Waals surface area contributed by atoms with E-state index in [1.54, 1.807) is 18.6 Å². The number of carbonyl (C=O) groups excluding carboxylic acids is 1. The minimum Gasteiger partial charge on any atom is -0.334 e. The fraction of sp³-hybridized carbons (Fsp3) is 0.111. The summed E-state index contributed by atoms with van der Waals surface area (Å²) in [7, 11) is 0. The third-order valence-corrected chi connectivity index (χ3v) is 3.64. The van der Waals surface area contributed by atoms with Gasteiger partial charge >= 0.3 is 6.03 Å². The van der Waals surface area contributed by atoms with E-state index < -0.39 is 0 Å². The van der Waals surface area contributed by atoms with Crippen molar-refractivity contribution in [1.29, 1.82) is 0 Å². The first-order chi connectivity index (χ1) is 11.6. The SMILES string of the molecule is Cc1ccc(F)cc1NC(=O)NCc1ccc(-n2ccnc2)cc1. The highest BCUT2D eigenvalue weighted by atomic mass is 19.1. The number of aromatic nitrogens is 2. The van der Waals surface area contributed by atoms with Gasteiger partial charge in [0, 0.05) is 30.3 Å². The molecule has 0 aliphatic rings. The first kappa shape index (κ1) is 15.7. The topological polar surface area (TPSA) is 59.0 Å². The highest BCUT2D eigenvalue weighted by Gasteiger charge is 2.05. The Morgan fingerprint density at radius 3 is 2.71 bits per heavy atom. The van der Waals surface area contributed by atoms with Crippen LogP contribution in [0.1, 0.15) is 11.1 Å². The molecule has 0 spiro atoms. The van der Waals surface area contributed by atoms with Gasteiger partial charge in [0.15, 0.2) is 0 Å². The number of nitrogens with zero attached hydrogens (tertiary/aromatic N) is 2. The number of amides is 2. The maximum Gasteiger partial charge on any atom is 0.319 e. The Kier molecular flexibility index (Phi) is 4.56. The third-order valence-electron chi connectivity index (χ3n) is 3.64. The smallest absolute Gasteiger partial charge is 0.319 e. The van der Waals surface area contributed by atoms with Crippen LogP contribution >= 0.6 is 0 Å². The number of imidazole rings is 1. The van der Waals surface area contributed by atoms with E-state index in [2.05, 4.69) is 15.6 Å². The van der Waals surface area contributed by atoms with Crippen molar-refractivity contribution >= 4 is 11.7 Å². The molecule has 6 heteroatoms. The van der Waals surface area contributed by atoms with E-state index in [0.717, 1.165) is 16.8 Å².